The van der Waals surface area contributed by atoms with Crippen molar-refractivity contribution in [3.63, 3.8) is 0 Å². The molecule has 1 N–H and O–H groups in total. The van der Waals surface area contributed by atoms with Gasteiger partial charge in [-0.05, 0) is 62.0 Å². The lowest BCUT2D eigenvalue weighted by molar-refractivity contribution is -0.116. The van der Waals surface area contributed by atoms with Crippen molar-refractivity contribution in [2.24, 2.45) is 0 Å². The summed E-state index contributed by atoms with van der Waals surface area (Å²) in [6.07, 6.45) is 1.63. The lowest BCUT2D eigenvalue weighted by Gasteiger charge is -2.25. The highest BCUT2D eigenvalue weighted by Crippen LogP contribution is 2.21. The highest BCUT2D eigenvalue weighted by atomic mass is 16.5. The maximum Gasteiger partial charge on any atom is 0.244 e. The number of allylic oxidation sites excluding steroid dienone is 1. The zero-order valence-corrected chi connectivity index (χ0v) is 16.7. The normalized spacial score (nSPS) is 12.6. The number of hydrogen-bond donors (Lipinski definition) is 1. The Morgan fingerprint density at radius 3 is 2.00 bits per heavy atom. The molecule has 0 radical (unpaired) electrons. The molecule has 0 aliphatic heterocycles. The monoisotopic (exact) mass is 368 g/mol. The van der Waals surface area contributed by atoms with Gasteiger partial charge < -0.3 is 19.7 Å². The van der Waals surface area contributed by atoms with Gasteiger partial charge in [0.25, 0.3) is 0 Å². The summed E-state index contributed by atoms with van der Waals surface area (Å²) in [7, 11) is 7.28. The predicted molar refractivity (Wildman–Crippen MR) is 109 cm³/mol. The van der Waals surface area contributed by atoms with Crippen LogP contribution in [0.4, 0.5) is 0 Å². The van der Waals surface area contributed by atoms with Gasteiger partial charge in [0.05, 0.1) is 20.3 Å². The Morgan fingerprint density at radius 1 is 1.00 bits per heavy atom. The van der Waals surface area contributed by atoms with Crippen LogP contribution in [0, 0.1) is 0 Å². The summed E-state index contributed by atoms with van der Waals surface area (Å²) >= 11 is 0. The number of nitrogens with one attached hydrogen (secondary N) is 1. The lowest BCUT2D eigenvalue weighted by Crippen LogP contribution is -2.33. The van der Waals surface area contributed by atoms with Gasteiger partial charge in [0.15, 0.2) is 0 Å². The number of nitrogens with zero attached hydrogens (tertiary/aromatic N) is 1. The molecule has 2 aromatic carbocycles. The summed E-state index contributed by atoms with van der Waals surface area (Å²) in [5.41, 5.74) is 3.02. The van der Waals surface area contributed by atoms with E-state index in [2.05, 4.69) is 10.2 Å². The molecule has 0 aliphatic carbocycles. The Bertz CT molecular complexity index is 765. The second-order valence-electron chi connectivity index (χ2n) is 6.55. The first-order valence-electron chi connectivity index (χ1n) is 8.85. The molecule has 5 nitrogen and oxygen atoms in total. The van der Waals surface area contributed by atoms with E-state index in [9.17, 15) is 4.79 Å². The molecule has 0 saturated carbocycles. The summed E-state index contributed by atoms with van der Waals surface area (Å²) in [4.78, 5) is 14.4. The topological polar surface area (TPSA) is 50.8 Å². The number of rotatable bonds is 8. The molecular weight excluding hydrogens is 340 g/mol. The fraction of sp³-hybridized carbons (Fsp3) is 0.318. The number of hydrogen-bond acceptors (Lipinski definition) is 4. The fourth-order valence-electron chi connectivity index (χ4n) is 2.81. The van der Waals surface area contributed by atoms with Crippen LogP contribution in [0.5, 0.6) is 11.5 Å². The summed E-state index contributed by atoms with van der Waals surface area (Å²) in [6.45, 7) is 2.44. The molecule has 27 heavy (non-hydrogen) atoms. The molecule has 2 aromatic rings. The van der Waals surface area contributed by atoms with Crippen LogP contribution in [0.25, 0.3) is 5.57 Å². The van der Waals surface area contributed by atoms with Crippen LogP contribution in [0.1, 0.15) is 24.1 Å². The zero-order valence-electron chi connectivity index (χ0n) is 16.7. The second-order valence-corrected chi connectivity index (χ2v) is 6.55. The van der Waals surface area contributed by atoms with Crippen molar-refractivity contribution in [2.45, 2.75) is 13.0 Å². The Hall–Kier alpha value is -2.79. The van der Waals surface area contributed by atoms with E-state index in [4.69, 9.17) is 9.47 Å². The van der Waals surface area contributed by atoms with Crippen LogP contribution in [-0.4, -0.2) is 45.7 Å². The number of carbonyl (C=O) groups excluding carboxylic acids is 1. The number of amides is 1. The van der Waals surface area contributed by atoms with Crippen molar-refractivity contribution < 1.29 is 14.3 Å². The van der Waals surface area contributed by atoms with Crippen LogP contribution in [-0.2, 0) is 4.79 Å². The van der Waals surface area contributed by atoms with Gasteiger partial charge in [-0.15, -0.1) is 0 Å². The van der Waals surface area contributed by atoms with E-state index < -0.39 is 0 Å². The van der Waals surface area contributed by atoms with Gasteiger partial charge in [-0.1, -0.05) is 24.3 Å². The molecule has 5 heteroatoms. The Balaban J connectivity index is 2.01. The van der Waals surface area contributed by atoms with Crippen molar-refractivity contribution in [3.8, 4) is 11.5 Å². The first-order valence-corrected chi connectivity index (χ1v) is 8.85. The average Bonchev–Trinajstić information content (AvgIpc) is 2.68. The first kappa shape index (κ1) is 20.5. The van der Waals surface area contributed by atoms with E-state index >= 15 is 0 Å². The molecule has 0 aliphatic rings. The third kappa shape index (κ3) is 5.86. The Labute approximate surface area is 161 Å². The Morgan fingerprint density at radius 2 is 1.52 bits per heavy atom. The summed E-state index contributed by atoms with van der Waals surface area (Å²) < 4.78 is 10.4. The average molecular weight is 368 g/mol. The highest BCUT2D eigenvalue weighted by Gasteiger charge is 2.15. The molecule has 0 fully saturated rings. The number of carbonyl (C=O) groups is 1. The SMILES string of the molecule is COc1ccc(/C(C)=C/C(=O)NCC(c2ccc(OC)cc2)N(C)C)cc1. The lowest BCUT2D eigenvalue weighted by atomic mass is 10.1. The van der Waals surface area contributed by atoms with Gasteiger partial charge in [0.2, 0.25) is 5.91 Å². The van der Waals surface area contributed by atoms with E-state index in [0.717, 1.165) is 28.2 Å². The number of likely N-dealkylation sites (N-methyl/N-ethyl adjacent to an activating group) is 1. The van der Waals surface area contributed by atoms with Crippen LogP contribution in [0.15, 0.2) is 54.6 Å². The minimum absolute atomic E-state index is 0.0783. The van der Waals surface area contributed by atoms with Gasteiger partial charge in [-0.25, -0.2) is 0 Å². The highest BCUT2D eigenvalue weighted by molar-refractivity contribution is 5.94. The molecule has 1 amide bonds. The van der Waals surface area contributed by atoms with Crippen molar-refractivity contribution >= 4 is 11.5 Å². The van der Waals surface area contributed by atoms with Crippen molar-refractivity contribution in [1.82, 2.24) is 10.2 Å². The third-order valence-corrected chi connectivity index (χ3v) is 4.49. The predicted octanol–water partition coefficient (Wildman–Crippen LogP) is 3.53. The van der Waals surface area contributed by atoms with Gasteiger partial charge in [0, 0.05) is 12.6 Å². The molecule has 0 saturated heterocycles. The minimum Gasteiger partial charge on any atom is -0.497 e. The standard InChI is InChI=1S/C22H28N2O3/c1-16(17-6-10-19(26-4)11-7-17)14-22(25)23-15-21(24(2)3)18-8-12-20(27-5)13-9-18/h6-14,21H,15H2,1-5H3,(H,23,25)/b16-14+. The van der Waals surface area contributed by atoms with E-state index in [1.165, 1.54) is 0 Å². The molecular formula is C22H28N2O3. The molecule has 0 heterocycles. The first-order chi connectivity index (χ1) is 12.9. The zero-order chi connectivity index (χ0) is 19.8. The molecule has 0 bridgehead atoms. The quantitative estimate of drug-likeness (QED) is 0.724. The van der Waals surface area contributed by atoms with Gasteiger partial charge >= 0.3 is 0 Å². The Kier molecular flexibility index (Phi) is 7.44. The van der Waals surface area contributed by atoms with Crippen molar-refractivity contribution in [3.05, 3.63) is 65.7 Å². The number of ether oxygens (including phenoxy) is 2. The summed E-state index contributed by atoms with van der Waals surface area (Å²) in [5.74, 6) is 1.51. The maximum atomic E-state index is 12.4. The van der Waals surface area contributed by atoms with Gasteiger partial charge in [-0.3, -0.25) is 4.79 Å². The molecule has 2 rings (SSSR count). The van der Waals surface area contributed by atoms with Crippen molar-refractivity contribution in [2.75, 3.05) is 34.9 Å². The fourth-order valence-corrected chi connectivity index (χ4v) is 2.81. The molecule has 1 unspecified atom stereocenters. The summed E-state index contributed by atoms with van der Waals surface area (Å²) in [5, 5.41) is 3.00. The third-order valence-electron chi connectivity index (χ3n) is 4.49. The van der Waals surface area contributed by atoms with E-state index in [1.807, 2.05) is 69.6 Å². The number of benzene rings is 2. The van der Waals surface area contributed by atoms with E-state index in [1.54, 1.807) is 20.3 Å². The van der Waals surface area contributed by atoms with Crippen LogP contribution >= 0.6 is 0 Å². The molecule has 0 spiro atoms. The summed E-state index contributed by atoms with van der Waals surface area (Å²) in [6, 6.07) is 15.6. The van der Waals surface area contributed by atoms with Gasteiger partial charge in [-0.2, -0.15) is 0 Å². The van der Waals surface area contributed by atoms with Crippen LogP contribution in [0.3, 0.4) is 0 Å². The maximum absolute atomic E-state index is 12.4. The smallest absolute Gasteiger partial charge is 0.244 e. The van der Waals surface area contributed by atoms with Gasteiger partial charge in [0.1, 0.15) is 11.5 Å². The van der Waals surface area contributed by atoms with Crippen LogP contribution in [0.2, 0.25) is 0 Å². The molecule has 1 atom stereocenters. The molecule has 0 aromatic heterocycles. The van der Waals surface area contributed by atoms with Crippen LogP contribution < -0.4 is 14.8 Å². The molecule has 144 valence electrons. The van der Waals surface area contributed by atoms with E-state index in [-0.39, 0.29) is 11.9 Å². The second kappa shape index (κ2) is 9.78. The number of methoxy groups -OCH3 is 2. The van der Waals surface area contributed by atoms with Crippen molar-refractivity contribution in [1.29, 1.82) is 0 Å². The minimum atomic E-state index is -0.108. The van der Waals surface area contributed by atoms with E-state index in [0.29, 0.717) is 6.54 Å². The largest absolute Gasteiger partial charge is 0.497 e.